The van der Waals surface area contributed by atoms with Gasteiger partial charge in [-0.25, -0.2) is 0 Å². The van der Waals surface area contributed by atoms with Gasteiger partial charge in [0.25, 0.3) is 0 Å². The number of hydrogen-bond acceptors (Lipinski definition) is 1. The molecule has 0 unspecified atom stereocenters. The highest BCUT2D eigenvalue weighted by atomic mass is 16.1. The molecule has 1 nitrogen and oxygen atoms in total. The van der Waals surface area contributed by atoms with Crippen molar-refractivity contribution < 1.29 is 4.79 Å². The van der Waals surface area contributed by atoms with Crippen LogP contribution in [-0.4, -0.2) is 5.78 Å². The minimum absolute atomic E-state index is 0.217. The summed E-state index contributed by atoms with van der Waals surface area (Å²) in [7, 11) is 0. The van der Waals surface area contributed by atoms with Crippen molar-refractivity contribution in [2.45, 2.75) is 52.9 Å². The molecule has 1 rings (SSSR count). The standard InChI is InChI=1S/C13H22O/c1-13(2,3)12(14)10-9-11-7-5-4-6-8-11/h9-11H,4-8H2,1-3H3/b10-9+. The number of carbonyl (C=O) groups excluding carboxylic acids is 1. The average Bonchev–Trinajstić information content (AvgIpc) is 2.14. The lowest BCUT2D eigenvalue weighted by atomic mass is 9.86. The fourth-order valence-corrected chi connectivity index (χ4v) is 1.80. The number of rotatable bonds is 2. The average molecular weight is 194 g/mol. The van der Waals surface area contributed by atoms with Crippen molar-refractivity contribution in [3.05, 3.63) is 12.2 Å². The summed E-state index contributed by atoms with van der Waals surface area (Å²) in [5.74, 6) is 0.915. The van der Waals surface area contributed by atoms with Crippen LogP contribution in [0.25, 0.3) is 0 Å². The lowest BCUT2D eigenvalue weighted by molar-refractivity contribution is -0.121. The molecule has 0 N–H and O–H groups in total. The molecule has 0 heterocycles. The van der Waals surface area contributed by atoms with E-state index in [4.69, 9.17) is 0 Å². The molecule has 1 aliphatic rings. The topological polar surface area (TPSA) is 17.1 Å². The molecule has 0 atom stereocenters. The van der Waals surface area contributed by atoms with Gasteiger partial charge in [-0.1, -0.05) is 46.1 Å². The van der Waals surface area contributed by atoms with Crippen LogP contribution < -0.4 is 0 Å². The molecule has 0 radical (unpaired) electrons. The predicted octanol–water partition coefficient (Wildman–Crippen LogP) is 3.74. The molecule has 1 heteroatoms. The maximum Gasteiger partial charge on any atom is 0.160 e. The molecule has 1 fully saturated rings. The van der Waals surface area contributed by atoms with E-state index >= 15 is 0 Å². The molecular weight excluding hydrogens is 172 g/mol. The third kappa shape index (κ3) is 3.65. The van der Waals surface area contributed by atoms with E-state index in [9.17, 15) is 4.79 Å². The summed E-state index contributed by atoms with van der Waals surface area (Å²) in [6, 6.07) is 0. The van der Waals surface area contributed by atoms with Gasteiger partial charge < -0.3 is 0 Å². The van der Waals surface area contributed by atoms with Crippen LogP contribution in [0.4, 0.5) is 0 Å². The summed E-state index contributed by atoms with van der Waals surface area (Å²) in [4.78, 5) is 11.6. The molecule has 80 valence electrons. The van der Waals surface area contributed by atoms with Crippen molar-refractivity contribution >= 4 is 5.78 Å². The van der Waals surface area contributed by atoms with Crippen LogP contribution in [0.2, 0.25) is 0 Å². The van der Waals surface area contributed by atoms with Gasteiger partial charge in [-0.2, -0.15) is 0 Å². The third-order valence-electron chi connectivity index (χ3n) is 2.91. The minimum atomic E-state index is -0.217. The lowest BCUT2D eigenvalue weighted by Gasteiger charge is -2.18. The Balaban J connectivity index is 2.42. The molecule has 14 heavy (non-hydrogen) atoms. The zero-order chi connectivity index (χ0) is 10.6. The fourth-order valence-electron chi connectivity index (χ4n) is 1.80. The zero-order valence-corrected chi connectivity index (χ0v) is 9.68. The van der Waals surface area contributed by atoms with E-state index in [-0.39, 0.29) is 11.2 Å². The molecule has 0 amide bonds. The molecule has 0 bridgehead atoms. The second-order valence-corrected chi connectivity index (χ2v) is 5.37. The second kappa shape index (κ2) is 4.77. The summed E-state index contributed by atoms with van der Waals surface area (Å²) in [6.45, 7) is 5.92. The third-order valence-corrected chi connectivity index (χ3v) is 2.91. The summed E-state index contributed by atoms with van der Waals surface area (Å²) < 4.78 is 0. The Bertz CT molecular complexity index is 214. The van der Waals surface area contributed by atoms with Gasteiger partial charge in [-0.05, 0) is 24.8 Å². The summed E-state index contributed by atoms with van der Waals surface area (Å²) >= 11 is 0. The van der Waals surface area contributed by atoms with Crippen LogP contribution >= 0.6 is 0 Å². The first-order valence-electron chi connectivity index (χ1n) is 5.73. The molecule has 0 saturated heterocycles. The maximum atomic E-state index is 11.6. The van der Waals surface area contributed by atoms with Crippen molar-refractivity contribution in [1.29, 1.82) is 0 Å². The first-order chi connectivity index (χ1) is 6.50. The van der Waals surface area contributed by atoms with Gasteiger partial charge in [0.1, 0.15) is 0 Å². The van der Waals surface area contributed by atoms with E-state index in [0.717, 1.165) is 0 Å². The van der Waals surface area contributed by atoms with Gasteiger partial charge >= 0.3 is 0 Å². The van der Waals surface area contributed by atoms with Gasteiger partial charge in [0.15, 0.2) is 5.78 Å². The summed E-state index contributed by atoms with van der Waals surface area (Å²) in [5.41, 5.74) is -0.217. The molecule has 0 aromatic carbocycles. The maximum absolute atomic E-state index is 11.6. The van der Waals surface area contributed by atoms with Crippen molar-refractivity contribution in [3.8, 4) is 0 Å². The van der Waals surface area contributed by atoms with Gasteiger partial charge in [0.05, 0.1) is 0 Å². The van der Waals surface area contributed by atoms with Crippen molar-refractivity contribution in [2.24, 2.45) is 11.3 Å². The fraction of sp³-hybridized carbons (Fsp3) is 0.769. The molecule has 0 spiro atoms. The normalized spacial score (nSPS) is 20.2. The van der Waals surface area contributed by atoms with E-state index in [1.54, 1.807) is 6.08 Å². The van der Waals surface area contributed by atoms with Gasteiger partial charge in [0.2, 0.25) is 0 Å². The van der Waals surface area contributed by atoms with Crippen LogP contribution in [0.1, 0.15) is 52.9 Å². The molecular formula is C13H22O. The van der Waals surface area contributed by atoms with Crippen LogP contribution in [0.3, 0.4) is 0 Å². The van der Waals surface area contributed by atoms with Gasteiger partial charge in [0, 0.05) is 5.41 Å². The Labute approximate surface area is 87.6 Å². The Morgan fingerprint density at radius 3 is 2.21 bits per heavy atom. The molecule has 0 aliphatic heterocycles. The predicted molar refractivity (Wildman–Crippen MR) is 60.2 cm³/mol. The lowest BCUT2D eigenvalue weighted by Crippen LogP contribution is -2.17. The van der Waals surface area contributed by atoms with Crippen LogP contribution in [-0.2, 0) is 4.79 Å². The number of ketones is 1. The number of hydrogen-bond donors (Lipinski definition) is 0. The van der Waals surface area contributed by atoms with Gasteiger partial charge in [-0.3, -0.25) is 4.79 Å². The van der Waals surface area contributed by atoms with E-state index in [2.05, 4.69) is 6.08 Å². The molecule has 0 aromatic heterocycles. The van der Waals surface area contributed by atoms with Crippen LogP contribution in [0, 0.1) is 11.3 Å². The summed E-state index contributed by atoms with van der Waals surface area (Å²) in [5, 5.41) is 0. The minimum Gasteiger partial charge on any atom is -0.294 e. The Morgan fingerprint density at radius 1 is 1.14 bits per heavy atom. The van der Waals surface area contributed by atoms with Crippen molar-refractivity contribution in [3.63, 3.8) is 0 Å². The molecule has 0 aromatic rings. The molecule has 1 aliphatic carbocycles. The zero-order valence-electron chi connectivity index (χ0n) is 9.68. The van der Waals surface area contributed by atoms with E-state index < -0.39 is 0 Å². The number of allylic oxidation sites excluding steroid dienone is 2. The van der Waals surface area contributed by atoms with Crippen molar-refractivity contribution in [2.75, 3.05) is 0 Å². The Kier molecular flexibility index (Phi) is 3.91. The quantitative estimate of drug-likeness (QED) is 0.612. The summed E-state index contributed by atoms with van der Waals surface area (Å²) in [6.07, 6.45) is 10.5. The van der Waals surface area contributed by atoms with Crippen molar-refractivity contribution in [1.82, 2.24) is 0 Å². The van der Waals surface area contributed by atoms with E-state index in [0.29, 0.717) is 5.92 Å². The first kappa shape index (κ1) is 11.5. The van der Waals surface area contributed by atoms with Gasteiger partial charge in [-0.15, -0.1) is 0 Å². The Hall–Kier alpha value is -0.590. The first-order valence-corrected chi connectivity index (χ1v) is 5.73. The highest BCUT2D eigenvalue weighted by Crippen LogP contribution is 2.25. The Morgan fingerprint density at radius 2 is 1.71 bits per heavy atom. The monoisotopic (exact) mass is 194 g/mol. The second-order valence-electron chi connectivity index (χ2n) is 5.37. The SMILES string of the molecule is CC(C)(C)C(=O)/C=C/C1CCCCC1. The smallest absolute Gasteiger partial charge is 0.160 e. The largest absolute Gasteiger partial charge is 0.294 e. The van der Waals surface area contributed by atoms with E-state index in [1.165, 1.54) is 32.1 Å². The van der Waals surface area contributed by atoms with Crippen LogP contribution in [0.5, 0.6) is 0 Å². The van der Waals surface area contributed by atoms with E-state index in [1.807, 2.05) is 20.8 Å². The highest BCUT2D eigenvalue weighted by Gasteiger charge is 2.18. The highest BCUT2D eigenvalue weighted by molar-refractivity contribution is 5.93. The number of carbonyl (C=O) groups is 1. The molecule has 1 saturated carbocycles. The van der Waals surface area contributed by atoms with Crippen LogP contribution in [0.15, 0.2) is 12.2 Å².